The molecule has 0 unspecified atom stereocenters. The lowest BCUT2D eigenvalue weighted by Gasteiger charge is -2.01. The number of halogens is 1. The monoisotopic (exact) mass is 225 g/mol. The first kappa shape index (κ1) is 9.26. The fraction of sp³-hybridized carbons (Fsp3) is 0. The van der Waals surface area contributed by atoms with Crippen molar-refractivity contribution in [2.75, 3.05) is 0 Å². The lowest BCUT2D eigenvalue weighted by molar-refractivity contribution is 0.425. The van der Waals surface area contributed by atoms with Gasteiger partial charge in [0.1, 0.15) is 0 Å². The van der Waals surface area contributed by atoms with Gasteiger partial charge in [0, 0.05) is 9.94 Å². The van der Waals surface area contributed by atoms with Crippen molar-refractivity contribution < 1.29 is 10.0 Å². The molecule has 60 valence electrons. The van der Waals surface area contributed by atoms with Gasteiger partial charge in [0.2, 0.25) is 0 Å². The van der Waals surface area contributed by atoms with Gasteiger partial charge in [-0.2, -0.15) is 5.26 Å². The van der Waals surface area contributed by atoms with Crippen LogP contribution in [-0.4, -0.2) is 17.2 Å². The molecule has 0 atom stereocenters. The van der Waals surface area contributed by atoms with E-state index >= 15 is 0 Å². The lowest BCUT2D eigenvalue weighted by Crippen LogP contribution is -2.32. The zero-order chi connectivity index (χ0) is 9.14. The molecule has 1 aromatic rings. The zero-order valence-electron chi connectivity index (χ0n) is 6.03. The number of hydrogen-bond donors (Lipinski definition) is 2. The Morgan fingerprint density at radius 3 is 2.58 bits per heavy atom. The molecule has 12 heavy (non-hydrogen) atoms. The van der Waals surface area contributed by atoms with E-state index in [1.165, 1.54) is 12.1 Å². The van der Waals surface area contributed by atoms with Crippen LogP contribution < -0.4 is 5.46 Å². The van der Waals surface area contributed by atoms with E-state index in [-0.39, 0.29) is 11.0 Å². The maximum atomic E-state index is 8.84. The Morgan fingerprint density at radius 2 is 2.08 bits per heavy atom. The minimum Gasteiger partial charge on any atom is -0.423 e. The van der Waals surface area contributed by atoms with E-state index in [1.807, 2.05) is 6.07 Å². The van der Waals surface area contributed by atoms with Gasteiger partial charge in [-0.3, -0.25) is 0 Å². The van der Waals surface area contributed by atoms with Crippen molar-refractivity contribution in [3.8, 4) is 6.07 Å². The van der Waals surface area contributed by atoms with Crippen molar-refractivity contribution in [1.82, 2.24) is 0 Å². The summed E-state index contributed by atoms with van der Waals surface area (Å²) in [5.74, 6) is 0. The highest BCUT2D eigenvalue weighted by Gasteiger charge is 2.15. The first-order valence-corrected chi connectivity index (χ1v) is 4.00. The Labute approximate surface area is 78.5 Å². The van der Waals surface area contributed by atoms with Crippen LogP contribution in [0.4, 0.5) is 0 Å². The smallest absolute Gasteiger partial charge is 0.423 e. The molecule has 0 saturated carbocycles. The Hall–Kier alpha value is -0.825. The van der Waals surface area contributed by atoms with Crippen molar-refractivity contribution in [3.05, 3.63) is 28.2 Å². The molecule has 5 heteroatoms. The number of hydrogen-bond acceptors (Lipinski definition) is 3. The highest BCUT2D eigenvalue weighted by Crippen LogP contribution is 2.08. The standard InChI is InChI=1S/C7H5BBrNO2/c9-6-2-1-5(4-10)7(3-6)8(11)12/h1-3,11-12H. The molecule has 0 aliphatic heterocycles. The maximum Gasteiger partial charge on any atom is 0.489 e. The van der Waals surface area contributed by atoms with E-state index in [0.717, 1.165) is 0 Å². The summed E-state index contributed by atoms with van der Waals surface area (Å²) in [6.45, 7) is 0. The summed E-state index contributed by atoms with van der Waals surface area (Å²) < 4.78 is 0.713. The third-order valence-corrected chi connectivity index (χ3v) is 1.91. The third kappa shape index (κ3) is 1.86. The van der Waals surface area contributed by atoms with Crippen molar-refractivity contribution in [3.63, 3.8) is 0 Å². The van der Waals surface area contributed by atoms with Crippen molar-refractivity contribution in [2.45, 2.75) is 0 Å². The molecule has 0 amide bonds. The number of nitriles is 1. The normalized spacial score (nSPS) is 9.17. The molecule has 0 saturated heterocycles. The van der Waals surface area contributed by atoms with Gasteiger partial charge < -0.3 is 10.0 Å². The predicted molar refractivity (Wildman–Crippen MR) is 48.7 cm³/mol. The number of rotatable bonds is 1. The SMILES string of the molecule is N#Cc1ccc(Br)cc1B(O)O. The van der Waals surface area contributed by atoms with Crippen LogP contribution >= 0.6 is 15.9 Å². The molecule has 1 aromatic carbocycles. The molecular formula is C7H5BBrNO2. The largest absolute Gasteiger partial charge is 0.489 e. The molecule has 0 aliphatic carbocycles. The predicted octanol–water partition coefficient (Wildman–Crippen LogP) is 0.000580. The van der Waals surface area contributed by atoms with Gasteiger partial charge in [-0.25, -0.2) is 0 Å². The maximum absolute atomic E-state index is 8.84. The topological polar surface area (TPSA) is 64.2 Å². The molecule has 2 N–H and O–H groups in total. The average molecular weight is 226 g/mol. The van der Waals surface area contributed by atoms with E-state index < -0.39 is 7.12 Å². The first-order chi connectivity index (χ1) is 5.65. The van der Waals surface area contributed by atoms with Crippen LogP contribution in [0.5, 0.6) is 0 Å². The van der Waals surface area contributed by atoms with E-state index in [1.54, 1.807) is 6.07 Å². The highest BCUT2D eigenvalue weighted by atomic mass is 79.9. The van der Waals surface area contributed by atoms with Gasteiger partial charge in [0.25, 0.3) is 0 Å². The van der Waals surface area contributed by atoms with Crippen LogP contribution in [-0.2, 0) is 0 Å². The van der Waals surface area contributed by atoms with E-state index in [0.29, 0.717) is 4.47 Å². The quantitative estimate of drug-likeness (QED) is 0.662. The molecule has 0 bridgehead atoms. The van der Waals surface area contributed by atoms with Crippen molar-refractivity contribution >= 4 is 28.5 Å². The van der Waals surface area contributed by atoms with E-state index in [2.05, 4.69) is 15.9 Å². The molecule has 0 heterocycles. The number of nitrogens with zero attached hydrogens (tertiary/aromatic N) is 1. The minimum absolute atomic E-state index is 0.215. The van der Waals surface area contributed by atoms with E-state index in [9.17, 15) is 0 Å². The van der Waals surface area contributed by atoms with Crippen LogP contribution in [0.1, 0.15) is 5.56 Å². The summed E-state index contributed by atoms with van der Waals surface area (Å²) in [7, 11) is -1.60. The second-order valence-electron chi connectivity index (χ2n) is 2.22. The average Bonchev–Trinajstić information content (AvgIpc) is 2.04. The summed E-state index contributed by atoms with van der Waals surface area (Å²) in [4.78, 5) is 0. The molecule has 0 spiro atoms. The summed E-state index contributed by atoms with van der Waals surface area (Å²) in [6.07, 6.45) is 0. The summed E-state index contributed by atoms with van der Waals surface area (Å²) >= 11 is 3.16. The lowest BCUT2D eigenvalue weighted by atomic mass is 9.77. The second kappa shape index (κ2) is 3.72. The Balaban J connectivity index is 3.24. The molecule has 0 aliphatic rings. The van der Waals surface area contributed by atoms with Crippen molar-refractivity contribution in [1.29, 1.82) is 5.26 Å². The Bertz CT molecular complexity index is 335. The summed E-state index contributed by atoms with van der Waals surface area (Å²) in [5, 5.41) is 26.3. The molecule has 0 aromatic heterocycles. The first-order valence-electron chi connectivity index (χ1n) is 3.21. The van der Waals surface area contributed by atoms with Crippen LogP contribution in [0.2, 0.25) is 0 Å². The van der Waals surface area contributed by atoms with Crippen LogP contribution in [0, 0.1) is 11.3 Å². The van der Waals surface area contributed by atoms with Crippen LogP contribution in [0.15, 0.2) is 22.7 Å². The zero-order valence-corrected chi connectivity index (χ0v) is 7.62. The van der Waals surface area contributed by atoms with Crippen LogP contribution in [0.25, 0.3) is 0 Å². The number of benzene rings is 1. The summed E-state index contributed by atoms with van der Waals surface area (Å²) in [5.41, 5.74) is 0.486. The van der Waals surface area contributed by atoms with Gasteiger partial charge in [0.15, 0.2) is 0 Å². The second-order valence-corrected chi connectivity index (χ2v) is 3.13. The molecule has 0 fully saturated rings. The fourth-order valence-electron chi connectivity index (χ4n) is 0.849. The Kier molecular flexibility index (Phi) is 2.87. The van der Waals surface area contributed by atoms with Gasteiger partial charge in [0.05, 0.1) is 11.6 Å². The molecule has 3 nitrogen and oxygen atoms in total. The fourth-order valence-corrected chi connectivity index (χ4v) is 1.23. The molecular weight excluding hydrogens is 221 g/mol. The minimum atomic E-state index is -1.60. The van der Waals surface area contributed by atoms with E-state index in [4.69, 9.17) is 15.3 Å². The van der Waals surface area contributed by atoms with Gasteiger partial charge in [-0.05, 0) is 18.2 Å². The summed E-state index contributed by atoms with van der Waals surface area (Å²) in [6, 6.07) is 6.56. The molecule has 1 rings (SSSR count). The highest BCUT2D eigenvalue weighted by molar-refractivity contribution is 9.10. The third-order valence-electron chi connectivity index (χ3n) is 1.41. The van der Waals surface area contributed by atoms with Crippen molar-refractivity contribution in [2.24, 2.45) is 0 Å². The van der Waals surface area contributed by atoms with Gasteiger partial charge in [-0.15, -0.1) is 0 Å². The van der Waals surface area contributed by atoms with Gasteiger partial charge >= 0.3 is 7.12 Å². The van der Waals surface area contributed by atoms with Gasteiger partial charge in [-0.1, -0.05) is 15.9 Å². The molecule has 0 radical (unpaired) electrons. The Morgan fingerprint density at radius 1 is 1.42 bits per heavy atom. The van der Waals surface area contributed by atoms with Crippen LogP contribution in [0.3, 0.4) is 0 Å².